The lowest BCUT2D eigenvalue weighted by atomic mass is 9.89. The Kier molecular flexibility index (Phi) is 6.71. The molecule has 0 saturated carbocycles. The summed E-state index contributed by atoms with van der Waals surface area (Å²) in [5, 5.41) is 0. The lowest BCUT2D eigenvalue weighted by Gasteiger charge is -2.35. The number of nitrogens with zero attached hydrogens (tertiary/aromatic N) is 1. The molecule has 7 heteroatoms. The number of unbranched alkanes of at least 4 members (excludes halogenated alkanes) is 2. The maximum absolute atomic E-state index is 13.0. The van der Waals surface area contributed by atoms with Gasteiger partial charge in [-0.25, -0.2) is 14.5 Å². The number of hydrogen-bond acceptors (Lipinski definition) is 6. The van der Waals surface area contributed by atoms with E-state index in [1.807, 2.05) is 6.92 Å². The summed E-state index contributed by atoms with van der Waals surface area (Å²) in [6.45, 7) is 5.19. The zero-order valence-corrected chi connectivity index (χ0v) is 15.9. The van der Waals surface area contributed by atoms with Crippen LogP contribution in [0.5, 0.6) is 0 Å². The van der Waals surface area contributed by atoms with Crippen molar-refractivity contribution in [1.29, 1.82) is 0 Å². The normalized spacial score (nSPS) is 13.5. The van der Waals surface area contributed by atoms with Crippen LogP contribution in [0, 0.1) is 0 Å². The zero-order chi connectivity index (χ0) is 20.0. The smallest absolute Gasteiger partial charge is 0.344 e. The summed E-state index contributed by atoms with van der Waals surface area (Å²) in [6, 6.07) is 6.26. The molecule has 7 nitrogen and oxygen atoms in total. The van der Waals surface area contributed by atoms with E-state index in [1.54, 1.807) is 26.0 Å². The number of fused-ring (bicyclic) bond motifs is 1. The van der Waals surface area contributed by atoms with Gasteiger partial charge in [-0.1, -0.05) is 31.9 Å². The van der Waals surface area contributed by atoms with Crippen molar-refractivity contribution < 1.29 is 28.7 Å². The van der Waals surface area contributed by atoms with Crippen LogP contribution < -0.4 is 0 Å². The van der Waals surface area contributed by atoms with Crippen molar-refractivity contribution in [3.05, 3.63) is 35.4 Å². The van der Waals surface area contributed by atoms with Crippen LogP contribution in [0.15, 0.2) is 24.3 Å². The summed E-state index contributed by atoms with van der Waals surface area (Å²) in [5.41, 5.74) is -1.79. The molecule has 1 aliphatic rings. The maximum atomic E-state index is 13.0. The van der Waals surface area contributed by atoms with Crippen molar-refractivity contribution in [1.82, 2.24) is 4.90 Å². The average Bonchev–Trinajstić information content (AvgIpc) is 2.91. The SMILES string of the molecule is CCCCCC(C(=O)OCC)(C(=O)OCC)N1C(=O)c2ccccc2C1=O. The van der Waals surface area contributed by atoms with Gasteiger partial charge in [0, 0.05) is 0 Å². The van der Waals surface area contributed by atoms with E-state index < -0.39 is 29.3 Å². The van der Waals surface area contributed by atoms with Gasteiger partial charge >= 0.3 is 11.9 Å². The number of rotatable bonds is 9. The number of carbonyl (C=O) groups excluding carboxylic acids is 4. The molecule has 0 radical (unpaired) electrons. The first kappa shape index (κ1) is 20.6. The van der Waals surface area contributed by atoms with Gasteiger partial charge in [0.1, 0.15) is 0 Å². The summed E-state index contributed by atoms with van der Waals surface area (Å²) < 4.78 is 10.3. The molecule has 1 aromatic carbocycles. The van der Waals surface area contributed by atoms with E-state index in [-0.39, 0.29) is 30.8 Å². The minimum Gasteiger partial charge on any atom is -0.464 e. The van der Waals surface area contributed by atoms with E-state index in [9.17, 15) is 19.2 Å². The third-order valence-electron chi connectivity index (χ3n) is 4.54. The molecule has 0 atom stereocenters. The molecule has 0 saturated heterocycles. The van der Waals surface area contributed by atoms with E-state index in [0.717, 1.165) is 17.7 Å². The molecule has 146 valence electrons. The molecular weight excluding hydrogens is 350 g/mol. The Labute approximate surface area is 158 Å². The van der Waals surface area contributed by atoms with E-state index in [2.05, 4.69) is 0 Å². The fraction of sp³-hybridized carbons (Fsp3) is 0.500. The van der Waals surface area contributed by atoms with E-state index in [1.165, 1.54) is 12.1 Å². The van der Waals surface area contributed by atoms with Gasteiger partial charge in [0.05, 0.1) is 24.3 Å². The molecule has 0 spiro atoms. The molecule has 0 unspecified atom stereocenters. The fourth-order valence-corrected chi connectivity index (χ4v) is 3.25. The number of benzene rings is 1. The van der Waals surface area contributed by atoms with Gasteiger partial charge in [-0.05, 0) is 38.8 Å². The highest BCUT2D eigenvalue weighted by atomic mass is 16.6. The van der Waals surface area contributed by atoms with Crippen LogP contribution >= 0.6 is 0 Å². The van der Waals surface area contributed by atoms with Crippen LogP contribution in [0.2, 0.25) is 0 Å². The second-order valence-electron chi connectivity index (χ2n) is 6.25. The highest BCUT2D eigenvalue weighted by Crippen LogP contribution is 2.35. The van der Waals surface area contributed by atoms with Gasteiger partial charge in [0.25, 0.3) is 11.8 Å². The molecule has 1 aromatic rings. The summed E-state index contributed by atoms with van der Waals surface area (Å²) in [4.78, 5) is 52.6. The second kappa shape index (κ2) is 8.79. The summed E-state index contributed by atoms with van der Waals surface area (Å²) in [6.07, 6.45) is 1.99. The monoisotopic (exact) mass is 375 g/mol. The van der Waals surface area contributed by atoms with Crippen molar-refractivity contribution in [2.24, 2.45) is 0 Å². The minimum atomic E-state index is -2.12. The Morgan fingerprint density at radius 3 is 1.78 bits per heavy atom. The van der Waals surface area contributed by atoms with Gasteiger partial charge in [-0.2, -0.15) is 0 Å². The summed E-state index contributed by atoms with van der Waals surface area (Å²) >= 11 is 0. The molecule has 0 aromatic heterocycles. The van der Waals surface area contributed by atoms with Crippen LogP contribution in [-0.2, 0) is 19.1 Å². The summed E-state index contributed by atoms with van der Waals surface area (Å²) in [5.74, 6) is -3.25. The van der Waals surface area contributed by atoms with Gasteiger partial charge < -0.3 is 9.47 Å². The fourth-order valence-electron chi connectivity index (χ4n) is 3.25. The Bertz CT molecular complexity index is 689. The van der Waals surface area contributed by atoms with Crippen molar-refractivity contribution >= 4 is 23.8 Å². The van der Waals surface area contributed by atoms with Crippen LogP contribution in [-0.4, -0.2) is 47.4 Å². The van der Waals surface area contributed by atoms with Crippen molar-refractivity contribution in [3.8, 4) is 0 Å². The molecule has 27 heavy (non-hydrogen) atoms. The van der Waals surface area contributed by atoms with Gasteiger partial charge in [-0.15, -0.1) is 0 Å². The first-order chi connectivity index (χ1) is 12.9. The molecule has 0 bridgehead atoms. The molecule has 0 N–H and O–H groups in total. The summed E-state index contributed by atoms with van der Waals surface area (Å²) in [7, 11) is 0. The van der Waals surface area contributed by atoms with E-state index in [0.29, 0.717) is 6.42 Å². The van der Waals surface area contributed by atoms with E-state index in [4.69, 9.17) is 9.47 Å². The minimum absolute atomic E-state index is 0.0108. The third-order valence-corrected chi connectivity index (χ3v) is 4.54. The quantitative estimate of drug-likeness (QED) is 0.285. The molecule has 2 amide bonds. The Morgan fingerprint density at radius 1 is 0.889 bits per heavy atom. The van der Waals surface area contributed by atoms with Crippen LogP contribution in [0.25, 0.3) is 0 Å². The highest BCUT2D eigenvalue weighted by molar-refractivity contribution is 6.26. The molecule has 2 rings (SSSR count). The molecule has 0 aliphatic carbocycles. The average molecular weight is 375 g/mol. The Morgan fingerprint density at radius 2 is 1.37 bits per heavy atom. The van der Waals surface area contributed by atoms with Gasteiger partial charge in [-0.3, -0.25) is 9.59 Å². The lowest BCUT2D eigenvalue weighted by Crippen LogP contribution is -2.63. The Hall–Kier alpha value is -2.70. The maximum Gasteiger partial charge on any atom is 0.344 e. The molecular formula is C20H25NO6. The molecule has 1 heterocycles. The standard InChI is InChI=1S/C20H25NO6/c1-4-7-10-13-20(18(24)26-5-2,19(25)27-6-3)21-16(22)14-11-8-9-12-15(14)17(21)23/h8-9,11-12H,4-7,10,13H2,1-3H3. The van der Waals surface area contributed by atoms with E-state index >= 15 is 0 Å². The zero-order valence-electron chi connectivity index (χ0n) is 15.9. The van der Waals surface area contributed by atoms with Crippen LogP contribution in [0.1, 0.15) is 67.2 Å². The molecule has 1 aliphatic heterocycles. The van der Waals surface area contributed by atoms with Crippen molar-refractivity contribution in [2.75, 3.05) is 13.2 Å². The predicted octanol–water partition coefficient (Wildman–Crippen LogP) is 2.73. The molecule has 0 fully saturated rings. The van der Waals surface area contributed by atoms with Crippen molar-refractivity contribution in [3.63, 3.8) is 0 Å². The number of carbonyl (C=O) groups is 4. The van der Waals surface area contributed by atoms with Crippen LogP contribution in [0.4, 0.5) is 0 Å². The lowest BCUT2D eigenvalue weighted by molar-refractivity contribution is -0.171. The number of hydrogen-bond donors (Lipinski definition) is 0. The Balaban J connectivity index is 2.59. The first-order valence-electron chi connectivity index (χ1n) is 9.28. The first-order valence-corrected chi connectivity index (χ1v) is 9.28. The van der Waals surface area contributed by atoms with Crippen molar-refractivity contribution in [2.45, 2.75) is 52.0 Å². The topological polar surface area (TPSA) is 90.0 Å². The largest absolute Gasteiger partial charge is 0.464 e. The van der Waals surface area contributed by atoms with Gasteiger partial charge in [0.15, 0.2) is 0 Å². The number of ether oxygens (including phenoxy) is 2. The number of imide groups is 1. The second-order valence-corrected chi connectivity index (χ2v) is 6.25. The number of esters is 2. The van der Waals surface area contributed by atoms with Gasteiger partial charge in [0.2, 0.25) is 5.54 Å². The highest BCUT2D eigenvalue weighted by Gasteiger charge is 2.60. The number of amides is 2. The predicted molar refractivity (Wildman–Crippen MR) is 97.1 cm³/mol. The third kappa shape index (κ3) is 3.59. The van der Waals surface area contributed by atoms with Crippen LogP contribution in [0.3, 0.4) is 0 Å².